The number of phenolic OH excluding ortho intramolecular Hbond substituents is 1. The van der Waals surface area contributed by atoms with E-state index in [9.17, 15) is 19.8 Å². The smallest absolute Gasteiger partial charge is 0.296 e. The summed E-state index contributed by atoms with van der Waals surface area (Å²) >= 11 is 1.28. The number of ketones is 1. The Morgan fingerprint density at radius 2 is 1.91 bits per heavy atom. The van der Waals surface area contributed by atoms with E-state index in [4.69, 9.17) is 9.15 Å². The second-order valence-electron chi connectivity index (χ2n) is 7.98. The summed E-state index contributed by atoms with van der Waals surface area (Å²) in [6.45, 7) is 3.66. The SMILES string of the molecule is COc1cc(C2C(C(=O)c3ccc(C)o3)=C(O)C(=O)N2c2nc3ccc(C)cc3s2)ccc1O. The predicted octanol–water partition coefficient (Wildman–Crippen LogP) is 5.00. The van der Waals surface area contributed by atoms with Crippen molar-refractivity contribution in [2.75, 3.05) is 12.0 Å². The number of Topliss-reactive ketones (excluding diaryl/α,β-unsaturated/α-hetero) is 1. The van der Waals surface area contributed by atoms with Gasteiger partial charge in [-0.3, -0.25) is 14.5 Å². The molecule has 1 aliphatic rings. The van der Waals surface area contributed by atoms with Crippen LogP contribution in [0.1, 0.15) is 33.5 Å². The van der Waals surface area contributed by atoms with Crippen LogP contribution >= 0.6 is 11.3 Å². The largest absolute Gasteiger partial charge is 0.504 e. The number of aryl methyl sites for hydroxylation is 2. The summed E-state index contributed by atoms with van der Waals surface area (Å²) in [5.74, 6) is -1.45. The average molecular weight is 477 g/mol. The summed E-state index contributed by atoms with van der Waals surface area (Å²) in [7, 11) is 1.40. The molecule has 1 aliphatic heterocycles. The van der Waals surface area contributed by atoms with Crippen molar-refractivity contribution < 1.29 is 29.0 Å². The van der Waals surface area contributed by atoms with Crippen molar-refractivity contribution in [1.82, 2.24) is 4.98 Å². The molecule has 0 radical (unpaired) electrons. The lowest BCUT2D eigenvalue weighted by molar-refractivity contribution is -0.117. The first kappa shape index (κ1) is 21.7. The average Bonchev–Trinajstić information content (AvgIpc) is 3.50. The van der Waals surface area contributed by atoms with Gasteiger partial charge in [-0.15, -0.1) is 0 Å². The molecule has 172 valence electrons. The highest BCUT2D eigenvalue weighted by atomic mass is 32.1. The van der Waals surface area contributed by atoms with Gasteiger partial charge in [-0.2, -0.15) is 0 Å². The summed E-state index contributed by atoms with van der Waals surface area (Å²) in [5.41, 5.74) is 2.05. The fourth-order valence-electron chi connectivity index (χ4n) is 4.03. The van der Waals surface area contributed by atoms with Crippen molar-refractivity contribution >= 4 is 38.4 Å². The Morgan fingerprint density at radius 1 is 1.12 bits per heavy atom. The lowest BCUT2D eigenvalue weighted by Crippen LogP contribution is -2.31. The number of hydrogen-bond acceptors (Lipinski definition) is 8. The first-order valence-corrected chi connectivity index (χ1v) is 11.2. The Labute approximate surface area is 198 Å². The Morgan fingerprint density at radius 3 is 2.62 bits per heavy atom. The number of aliphatic hydroxyl groups excluding tert-OH is 1. The molecule has 2 aromatic carbocycles. The molecule has 5 rings (SSSR count). The van der Waals surface area contributed by atoms with Gasteiger partial charge in [0.05, 0.1) is 28.9 Å². The van der Waals surface area contributed by atoms with Gasteiger partial charge < -0.3 is 19.4 Å². The number of aromatic nitrogens is 1. The number of thiazole rings is 1. The second kappa shape index (κ2) is 8.03. The molecule has 2 aromatic heterocycles. The zero-order chi connectivity index (χ0) is 24.1. The summed E-state index contributed by atoms with van der Waals surface area (Å²) < 4.78 is 11.6. The van der Waals surface area contributed by atoms with Crippen LogP contribution in [-0.2, 0) is 4.79 Å². The molecular weight excluding hydrogens is 456 g/mol. The molecule has 34 heavy (non-hydrogen) atoms. The van der Waals surface area contributed by atoms with Crippen molar-refractivity contribution in [3.63, 3.8) is 0 Å². The van der Waals surface area contributed by atoms with Crippen LogP contribution < -0.4 is 9.64 Å². The Hall–Kier alpha value is -4.11. The van der Waals surface area contributed by atoms with Gasteiger partial charge in [-0.05, 0) is 61.4 Å². The third-order valence-corrected chi connectivity index (χ3v) is 6.69. The molecule has 4 aromatic rings. The molecule has 3 heterocycles. The molecule has 0 aliphatic carbocycles. The van der Waals surface area contributed by atoms with Crippen LogP contribution in [0.2, 0.25) is 0 Å². The zero-order valence-electron chi connectivity index (χ0n) is 18.5. The van der Waals surface area contributed by atoms with E-state index in [1.165, 1.54) is 41.5 Å². The highest BCUT2D eigenvalue weighted by Crippen LogP contribution is 2.45. The van der Waals surface area contributed by atoms with Gasteiger partial charge in [0.15, 0.2) is 28.1 Å². The molecule has 9 heteroatoms. The molecule has 0 saturated carbocycles. The number of amides is 1. The minimum atomic E-state index is -1.01. The van der Waals surface area contributed by atoms with E-state index in [0.29, 0.717) is 22.0 Å². The van der Waals surface area contributed by atoms with E-state index in [1.54, 1.807) is 19.1 Å². The minimum Gasteiger partial charge on any atom is -0.504 e. The third kappa shape index (κ3) is 3.41. The third-order valence-electron chi connectivity index (χ3n) is 5.68. The zero-order valence-corrected chi connectivity index (χ0v) is 19.3. The lowest BCUT2D eigenvalue weighted by Gasteiger charge is -2.24. The maximum Gasteiger partial charge on any atom is 0.296 e. The normalized spacial score (nSPS) is 16.0. The van der Waals surface area contributed by atoms with Crippen LogP contribution in [-0.4, -0.2) is 34.0 Å². The van der Waals surface area contributed by atoms with Crippen LogP contribution in [0.25, 0.3) is 10.2 Å². The number of nitrogens with zero attached hydrogens (tertiary/aromatic N) is 2. The Kier molecular flexibility index (Phi) is 5.13. The van der Waals surface area contributed by atoms with Crippen LogP contribution in [0.4, 0.5) is 5.13 Å². The number of fused-ring (bicyclic) bond motifs is 1. The number of hydrogen-bond donors (Lipinski definition) is 2. The van der Waals surface area contributed by atoms with Gasteiger partial charge in [0.25, 0.3) is 5.91 Å². The first-order valence-electron chi connectivity index (χ1n) is 10.4. The summed E-state index contributed by atoms with van der Waals surface area (Å²) in [4.78, 5) is 32.6. The van der Waals surface area contributed by atoms with Gasteiger partial charge in [0, 0.05) is 0 Å². The van der Waals surface area contributed by atoms with Gasteiger partial charge in [0.1, 0.15) is 5.76 Å². The van der Waals surface area contributed by atoms with Crippen LogP contribution in [0.5, 0.6) is 11.5 Å². The molecule has 1 atom stereocenters. The molecule has 1 unspecified atom stereocenters. The second-order valence-corrected chi connectivity index (χ2v) is 8.99. The Bertz CT molecular complexity index is 1500. The molecular formula is C25H20N2O6S. The van der Waals surface area contributed by atoms with Crippen LogP contribution in [0.15, 0.2) is 64.3 Å². The van der Waals surface area contributed by atoms with Crippen molar-refractivity contribution in [3.8, 4) is 11.5 Å². The van der Waals surface area contributed by atoms with E-state index in [-0.39, 0.29) is 22.8 Å². The summed E-state index contributed by atoms with van der Waals surface area (Å²) in [6, 6.07) is 12.4. The van der Waals surface area contributed by atoms with Gasteiger partial charge in [0.2, 0.25) is 5.78 Å². The number of rotatable bonds is 5. The van der Waals surface area contributed by atoms with Gasteiger partial charge >= 0.3 is 0 Å². The van der Waals surface area contributed by atoms with E-state index in [2.05, 4.69) is 4.98 Å². The van der Waals surface area contributed by atoms with Crippen molar-refractivity contribution in [2.24, 2.45) is 0 Å². The number of methoxy groups -OCH3 is 1. The quantitative estimate of drug-likeness (QED) is 0.390. The number of aromatic hydroxyl groups is 1. The lowest BCUT2D eigenvalue weighted by atomic mass is 9.95. The fraction of sp³-hybridized carbons (Fsp3) is 0.160. The number of furan rings is 1. The van der Waals surface area contributed by atoms with E-state index in [1.807, 2.05) is 25.1 Å². The number of anilines is 1. The monoisotopic (exact) mass is 476 g/mol. The first-order chi connectivity index (χ1) is 16.3. The summed E-state index contributed by atoms with van der Waals surface area (Å²) in [6.07, 6.45) is 0. The summed E-state index contributed by atoms with van der Waals surface area (Å²) in [5, 5.41) is 21.3. The van der Waals surface area contributed by atoms with Crippen LogP contribution in [0.3, 0.4) is 0 Å². The van der Waals surface area contributed by atoms with Crippen molar-refractivity contribution in [3.05, 3.63) is 82.5 Å². The number of benzene rings is 2. The minimum absolute atomic E-state index is 0.00404. The number of carbonyl (C=O) groups excluding carboxylic acids is 2. The highest BCUT2D eigenvalue weighted by Gasteiger charge is 2.46. The topological polar surface area (TPSA) is 113 Å². The van der Waals surface area contributed by atoms with Gasteiger partial charge in [-0.25, -0.2) is 4.98 Å². The molecule has 1 amide bonds. The molecule has 0 spiro atoms. The van der Waals surface area contributed by atoms with Gasteiger partial charge in [-0.1, -0.05) is 23.5 Å². The van der Waals surface area contributed by atoms with E-state index >= 15 is 0 Å². The number of carbonyl (C=O) groups is 2. The fourth-order valence-corrected chi connectivity index (χ4v) is 5.12. The Balaban J connectivity index is 1.70. The predicted molar refractivity (Wildman–Crippen MR) is 127 cm³/mol. The molecule has 0 saturated heterocycles. The molecule has 0 bridgehead atoms. The maximum atomic E-state index is 13.4. The van der Waals surface area contributed by atoms with Crippen molar-refractivity contribution in [1.29, 1.82) is 0 Å². The number of ether oxygens (including phenoxy) is 1. The number of phenols is 1. The van der Waals surface area contributed by atoms with Crippen molar-refractivity contribution in [2.45, 2.75) is 19.9 Å². The van der Waals surface area contributed by atoms with E-state index in [0.717, 1.165) is 10.3 Å². The molecule has 8 nitrogen and oxygen atoms in total. The standard InChI is InChI=1S/C25H20N2O6S/c1-12-4-7-15-19(10-12)34-25(26-15)27-21(14-6-8-16(28)18(11-14)32-3)20(23(30)24(27)31)22(29)17-9-5-13(2)33-17/h4-11,21,28,30H,1-3H3. The highest BCUT2D eigenvalue weighted by molar-refractivity contribution is 7.22. The number of aliphatic hydroxyl groups is 1. The van der Waals surface area contributed by atoms with E-state index < -0.39 is 23.5 Å². The van der Waals surface area contributed by atoms with Crippen LogP contribution in [0, 0.1) is 13.8 Å². The maximum absolute atomic E-state index is 13.4. The molecule has 0 fully saturated rings. The molecule has 2 N–H and O–H groups in total.